The monoisotopic (exact) mass is 400 g/mol. The minimum atomic E-state index is 0.108. The minimum absolute atomic E-state index is 0.108. The Hall–Kier alpha value is -0.310. The molecule has 3 heteroatoms. The Labute approximate surface area is 136 Å². The van der Waals surface area contributed by atoms with Gasteiger partial charge in [-0.25, -0.2) is 0 Å². The molecule has 19 heavy (non-hydrogen) atoms. The molecule has 0 N–H and O–H groups in total. The van der Waals surface area contributed by atoms with Crippen LogP contribution in [0.3, 0.4) is 0 Å². The summed E-state index contributed by atoms with van der Waals surface area (Å²) in [6, 6.07) is 10.5. The van der Waals surface area contributed by atoms with Gasteiger partial charge in [0.25, 0.3) is 0 Å². The van der Waals surface area contributed by atoms with Crippen molar-refractivity contribution >= 4 is 43.5 Å². The third-order valence-corrected chi connectivity index (χ3v) is 5.21. The molecule has 2 aromatic carbocycles. The summed E-state index contributed by atoms with van der Waals surface area (Å²) in [6.07, 6.45) is 0. The van der Waals surface area contributed by atoms with Gasteiger partial charge >= 0.3 is 0 Å². The summed E-state index contributed by atoms with van der Waals surface area (Å²) in [5, 5.41) is 0.810. The van der Waals surface area contributed by atoms with Crippen molar-refractivity contribution in [1.29, 1.82) is 0 Å². The molecule has 1 unspecified atom stereocenters. The molecule has 0 fully saturated rings. The molecule has 0 heterocycles. The van der Waals surface area contributed by atoms with Crippen LogP contribution in [0.25, 0.3) is 0 Å². The van der Waals surface area contributed by atoms with Crippen molar-refractivity contribution in [2.75, 3.05) is 0 Å². The van der Waals surface area contributed by atoms with Gasteiger partial charge in [-0.2, -0.15) is 0 Å². The van der Waals surface area contributed by atoms with Crippen molar-refractivity contribution < 1.29 is 0 Å². The number of hydrogen-bond acceptors (Lipinski definition) is 0. The van der Waals surface area contributed by atoms with E-state index in [4.69, 9.17) is 11.6 Å². The second-order valence-electron chi connectivity index (χ2n) is 4.82. The predicted molar refractivity (Wildman–Crippen MR) is 90.6 cm³/mol. The maximum absolute atomic E-state index is 6.40. The van der Waals surface area contributed by atoms with E-state index in [0.29, 0.717) is 0 Å². The number of hydrogen-bond donors (Lipinski definition) is 0. The van der Waals surface area contributed by atoms with Gasteiger partial charge < -0.3 is 0 Å². The lowest BCUT2D eigenvalue weighted by Gasteiger charge is -2.17. The van der Waals surface area contributed by atoms with E-state index in [1.165, 1.54) is 22.3 Å². The Bertz CT molecular complexity index is 620. The molecule has 0 aliphatic carbocycles. The molecule has 0 saturated carbocycles. The smallest absolute Gasteiger partial charge is 0.0662 e. The molecular weight excluding hydrogens is 387 g/mol. The quantitative estimate of drug-likeness (QED) is 0.502. The molecule has 0 spiro atoms. The van der Waals surface area contributed by atoms with Crippen LogP contribution < -0.4 is 0 Å². The number of rotatable bonds is 2. The average Bonchev–Trinajstić information content (AvgIpc) is 2.36. The van der Waals surface area contributed by atoms with Crippen molar-refractivity contribution in [2.24, 2.45) is 0 Å². The van der Waals surface area contributed by atoms with Gasteiger partial charge in [0.2, 0.25) is 0 Å². The summed E-state index contributed by atoms with van der Waals surface area (Å²) in [5.41, 5.74) is 6.08. The number of alkyl halides is 1. The average molecular weight is 403 g/mol. The fraction of sp³-hybridized carbons (Fsp3) is 0.250. The zero-order valence-corrected chi connectivity index (χ0v) is 15.0. The normalized spacial score (nSPS) is 12.5. The summed E-state index contributed by atoms with van der Waals surface area (Å²) in [5.74, 6) is 0. The second-order valence-corrected chi connectivity index (χ2v) is 7.06. The number of halogens is 3. The van der Waals surface area contributed by atoms with E-state index in [-0.39, 0.29) is 4.83 Å². The lowest BCUT2D eigenvalue weighted by atomic mass is 9.97. The highest BCUT2D eigenvalue weighted by molar-refractivity contribution is 9.10. The first-order valence-electron chi connectivity index (χ1n) is 6.07. The van der Waals surface area contributed by atoms with Crippen molar-refractivity contribution in [3.8, 4) is 0 Å². The number of aryl methyl sites for hydroxylation is 3. The lowest BCUT2D eigenvalue weighted by Crippen LogP contribution is -1.98. The van der Waals surface area contributed by atoms with Crippen LogP contribution in [-0.4, -0.2) is 0 Å². The van der Waals surface area contributed by atoms with E-state index in [0.717, 1.165) is 15.1 Å². The van der Waals surface area contributed by atoms with Gasteiger partial charge in [0, 0.05) is 9.50 Å². The molecule has 1 atom stereocenters. The molecule has 0 aliphatic heterocycles. The van der Waals surface area contributed by atoms with Gasteiger partial charge in [-0.05, 0) is 66.8 Å². The van der Waals surface area contributed by atoms with Crippen LogP contribution in [-0.2, 0) is 0 Å². The predicted octanol–water partition coefficient (Wildman–Crippen LogP) is 6.51. The second kappa shape index (κ2) is 5.99. The molecule has 0 radical (unpaired) electrons. The molecule has 0 bridgehead atoms. The Morgan fingerprint density at radius 1 is 0.895 bits per heavy atom. The van der Waals surface area contributed by atoms with Crippen molar-refractivity contribution in [1.82, 2.24) is 0 Å². The summed E-state index contributed by atoms with van der Waals surface area (Å²) < 4.78 is 1.08. The van der Waals surface area contributed by atoms with Crippen LogP contribution in [0.2, 0.25) is 5.02 Å². The van der Waals surface area contributed by atoms with E-state index < -0.39 is 0 Å². The molecule has 2 aromatic rings. The molecule has 0 nitrogen and oxygen atoms in total. The summed E-state index contributed by atoms with van der Waals surface area (Å²) in [7, 11) is 0. The Balaban J connectivity index is 2.52. The van der Waals surface area contributed by atoms with E-state index in [1.54, 1.807) is 0 Å². The van der Waals surface area contributed by atoms with Gasteiger partial charge in [-0.15, -0.1) is 0 Å². The zero-order chi connectivity index (χ0) is 14.2. The maximum atomic E-state index is 6.40. The van der Waals surface area contributed by atoms with Crippen molar-refractivity contribution in [3.63, 3.8) is 0 Å². The molecule has 100 valence electrons. The van der Waals surface area contributed by atoms with Crippen LogP contribution in [0.5, 0.6) is 0 Å². The summed E-state index contributed by atoms with van der Waals surface area (Å²) in [6.45, 7) is 6.31. The SMILES string of the molecule is Cc1cc(Cl)c(C(Br)c2cc(Br)ccc2C)cc1C. The van der Waals surface area contributed by atoms with Crippen LogP contribution in [0.15, 0.2) is 34.8 Å². The van der Waals surface area contributed by atoms with Crippen LogP contribution >= 0.6 is 43.5 Å². The molecular formula is C16H15Br2Cl. The maximum Gasteiger partial charge on any atom is 0.0662 e. The lowest BCUT2D eigenvalue weighted by molar-refractivity contribution is 1.12. The van der Waals surface area contributed by atoms with Gasteiger partial charge in [-0.3, -0.25) is 0 Å². The Morgan fingerprint density at radius 3 is 2.21 bits per heavy atom. The van der Waals surface area contributed by atoms with E-state index in [2.05, 4.69) is 76.9 Å². The van der Waals surface area contributed by atoms with Crippen LogP contribution in [0.1, 0.15) is 32.6 Å². The van der Waals surface area contributed by atoms with E-state index in [1.807, 2.05) is 6.07 Å². The van der Waals surface area contributed by atoms with E-state index in [9.17, 15) is 0 Å². The molecule has 0 aliphatic rings. The number of benzene rings is 2. The standard InChI is InChI=1S/C16H15Br2Cl/c1-9-4-5-12(17)8-13(9)16(18)14-6-10(2)11(3)7-15(14)19/h4-8,16H,1-3H3. The van der Waals surface area contributed by atoms with Crippen molar-refractivity contribution in [3.05, 3.63) is 67.6 Å². The summed E-state index contributed by atoms with van der Waals surface area (Å²) >= 11 is 13.7. The highest BCUT2D eigenvalue weighted by atomic mass is 79.9. The fourth-order valence-corrected chi connectivity index (χ4v) is 3.76. The topological polar surface area (TPSA) is 0 Å². The third-order valence-electron chi connectivity index (χ3n) is 3.40. The highest BCUT2D eigenvalue weighted by Crippen LogP contribution is 2.38. The van der Waals surface area contributed by atoms with E-state index >= 15 is 0 Å². The first-order chi connectivity index (χ1) is 8.90. The van der Waals surface area contributed by atoms with Gasteiger partial charge in [0.05, 0.1) is 4.83 Å². The molecule has 0 amide bonds. The highest BCUT2D eigenvalue weighted by Gasteiger charge is 2.17. The van der Waals surface area contributed by atoms with Gasteiger partial charge in [0.15, 0.2) is 0 Å². The Kier molecular flexibility index (Phi) is 4.75. The largest absolute Gasteiger partial charge is 0.0840 e. The fourth-order valence-electron chi connectivity index (χ4n) is 2.05. The minimum Gasteiger partial charge on any atom is -0.0840 e. The van der Waals surface area contributed by atoms with Gasteiger partial charge in [-0.1, -0.05) is 55.6 Å². The Morgan fingerprint density at radius 2 is 1.53 bits per heavy atom. The van der Waals surface area contributed by atoms with Crippen LogP contribution in [0.4, 0.5) is 0 Å². The zero-order valence-electron chi connectivity index (χ0n) is 11.1. The van der Waals surface area contributed by atoms with Crippen LogP contribution in [0, 0.1) is 20.8 Å². The molecule has 0 aromatic heterocycles. The third kappa shape index (κ3) is 3.24. The molecule has 0 saturated heterocycles. The molecule has 2 rings (SSSR count). The first kappa shape index (κ1) is 15.1. The van der Waals surface area contributed by atoms with Gasteiger partial charge in [0.1, 0.15) is 0 Å². The summed E-state index contributed by atoms with van der Waals surface area (Å²) in [4.78, 5) is 0.108. The first-order valence-corrected chi connectivity index (χ1v) is 8.15. The van der Waals surface area contributed by atoms with Crippen molar-refractivity contribution in [2.45, 2.75) is 25.6 Å².